The van der Waals surface area contributed by atoms with Gasteiger partial charge in [-0.05, 0) is 30.5 Å². The number of carbonyl (C=O) groups excluding carboxylic acids is 2. The molecule has 2 unspecified atom stereocenters. The van der Waals surface area contributed by atoms with E-state index in [1.807, 2.05) is 13.8 Å². The number of rotatable bonds is 10. The number of carbonyl (C=O) groups is 2. The first kappa shape index (κ1) is 24.4. The third-order valence-corrected chi connectivity index (χ3v) is 5.75. The summed E-state index contributed by atoms with van der Waals surface area (Å²) in [5.41, 5.74) is -0.0630. The van der Waals surface area contributed by atoms with Gasteiger partial charge in [0.05, 0.1) is 30.3 Å². The molecule has 0 aliphatic carbocycles. The maximum atomic E-state index is 13.3. The predicted octanol–water partition coefficient (Wildman–Crippen LogP) is 0.0188. The van der Waals surface area contributed by atoms with Gasteiger partial charge in [-0.2, -0.15) is 5.10 Å². The van der Waals surface area contributed by atoms with Gasteiger partial charge < -0.3 is 29.9 Å². The average molecular weight is 481 g/mol. The van der Waals surface area contributed by atoms with E-state index in [4.69, 9.17) is 4.84 Å². The van der Waals surface area contributed by atoms with Gasteiger partial charge in [-0.15, -0.1) is 0 Å². The molecule has 1 aliphatic rings. The first-order chi connectivity index (χ1) is 16.8. The Balaban J connectivity index is 1.46. The van der Waals surface area contributed by atoms with E-state index >= 15 is 0 Å². The molecule has 0 radical (unpaired) electrons. The Kier molecular flexibility index (Phi) is 7.17. The van der Waals surface area contributed by atoms with Gasteiger partial charge >= 0.3 is 7.12 Å². The number of hydrogen-bond donors (Lipinski definition) is 4. The van der Waals surface area contributed by atoms with E-state index in [0.29, 0.717) is 23.3 Å². The Labute approximate surface area is 202 Å². The average Bonchev–Trinajstić information content (AvgIpc) is 3.58. The van der Waals surface area contributed by atoms with E-state index in [0.717, 1.165) is 0 Å². The number of amides is 2. The Morgan fingerprint density at radius 2 is 2.06 bits per heavy atom. The second kappa shape index (κ2) is 10.3. The highest BCUT2D eigenvalue weighted by Gasteiger charge is 2.48. The van der Waals surface area contributed by atoms with Crippen LogP contribution in [0.3, 0.4) is 0 Å². The second-order valence-electron chi connectivity index (χ2n) is 9.01. The van der Waals surface area contributed by atoms with Crippen LogP contribution in [-0.4, -0.2) is 71.9 Å². The Morgan fingerprint density at radius 3 is 2.77 bits per heavy atom. The molecule has 0 spiro atoms. The zero-order valence-corrected chi connectivity index (χ0v) is 19.5. The Morgan fingerprint density at radius 1 is 1.23 bits per heavy atom. The van der Waals surface area contributed by atoms with E-state index in [9.17, 15) is 19.6 Å². The van der Waals surface area contributed by atoms with Crippen molar-refractivity contribution in [3.05, 3.63) is 54.7 Å². The van der Waals surface area contributed by atoms with Crippen LogP contribution in [0, 0.1) is 5.92 Å². The molecule has 3 aromatic rings. The predicted molar refractivity (Wildman–Crippen MR) is 127 cm³/mol. The van der Waals surface area contributed by atoms with Gasteiger partial charge in [-0.3, -0.25) is 14.3 Å². The largest absolute Gasteiger partial charge is 0.475 e. The molecule has 4 rings (SSSR count). The van der Waals surface area contributed by atoms with Gasteiger partial charge in [-0.1, -0.05) is 19.0 Å². The van der Waals surface area contributed by atoms with Gasteiger partial charge in [0.1, 0.15) is 5.65 Å². The van der Waals surface area contributed by atoms with E-state index in [-0.39, 0.29) is 31.3 Å². The first-order valence-corrected chi connectivity index (χ1v) is 11.4. The molecule has 4 N–H and O–H groups in total. The molecule has 2 amide bonds. The molecule has 3 aromatic heterocycles. The number of oxime groups is 1. The first-order valence-electron chi connectivity index (χ1n) is 11.4. The zero-order valence-electron chi connectivity index (χ0n) is 19.5. The SMILES string of the molecule is CC(C)CC(NC(=O)C1(Cn2cccn2)CC(CNC(=O)c2cccn3ccnc23)=NO1)B(O)O. The van der Waals surface area contributed by atoms with E-state index in [1.165, 1.54) is 0 Å². The molecule has 4 heterocycles. The lowest BCUT2D eigenvalue weighted by Crippen LogP contribution is -2.57. The highest BCUT2D eigenvalue weighted by Crippen LogP contribution is 2.27. The summed E-state index contributed by atoms with van der Waals surface area (Å²) in [7, 11) is -1.73. The minimum absolute atomic E-state index is 0.0517. The number of nitrogens with one attached hydrogen (secondary N) is 2. The molecule has 1 aliphatic heterocycles. The van der Waals surface area contributed by atoms with E-state index in [1.54, 1.807) is 58.3 Å². The summed E-state index contributed by atoms with van der Waals surface area (Å²) in [6.07, 6.45) is 8.88. The lowest BCUT2D eigenvalue weighted by molar-refractivity contribution is -0.146. The van der Waals surface area contributed by atoms with E-state index in [2.05, 4.69) is 25.9 Å². The number of hydrogen-bond acceptors (Lipinski definition) is 8. The fraction of sp³-hybridized carbons (Fsp3) is 0.409. The van der Waals surface area contributed by atoms with Crippen LogP contribution in [0.4, 0.5) is 0 Å². The van der Waals surface area contributed by atoms with Crippen LogP contribution in [0.1, 0.15) is 37.0 Å². The number of nitrogens with zero attached hydrogens (tertiary/aromatic N) is 5. The summed E-state index contributed by atoms with van der Waals surface area (Å²) in [5.74, 6) is -1.63. The van der Waals surface area contributed by atoms with Crippen LogP contribution in [-0.2, 0) is 16.2 Å². The lowest BCUT2D eigenvalue weighted by Gasteiger charge is -2.28. The van der Waals surface area contributed by atoms with E-state index < -0.39 is 24.6 Å². The molecule has 12 nitrogen and oxygen atoms in total. The third-order valence-electron chi connectivity index (χ3n) is 5.75. The minimum atomic E-state index is -1.73. The van der Waals surface area contributed by atoms with Crippen LogP contribution < -0.4 is 10.6 Å². The second-order valence-corrected chi connectivity index (χ2v) is 9.01. The number of imidazole rings is 1. The highest BCUT2D eigenvalue weighted by atomic mass is 16.7. The molecular formula is C22H28BN7O5. The summed E-state index contributed by atoms with van der Waals surface area (Å²) in [6.45, 7) is 3.95. The van der Waals surface area contributed by atoms with Crippen LogP contribution >= 0.6 is 0 Å². The van der Waals surface area contributed by atoms with Gasteiger partial charge in [0, 0.05) is 37.4 Å². The van der Waals surface area contributed by atoms with Gasteiger partial charge in [0.25, 0.3) is 11.8 Å². The molecule has 184 valence electrons. The Bertz CT molecular complexity index is 1210. The molecule has 0 saturated carbocycles. The van der Waals surface area contributed by atoms with Crippen molar-refractivity contribution in [1.82, 2.24) is 29.8 Å². The number of aromatic nitrogens is 4. The van der Waals surface area contributed by atoms with Crippen molar-refractivity contribution in [2.45, 2.75) is 44.8 Å². The van der Waals surface area contributed by atoms with Crippen molar-refractivity contribution in [2.24, 2.45) is 11.1 Å². The van der Waals surface area contributed by atoms with Crippen molar-refractivity contribution in [2.75, 3.05) is 6.54 Å². The van der Waals surface area contributed by atoms with Crippen LogP contribution in [0.25, 0.3) is 5.65 Å². The lowest BCUT2D eigenvalue weighted by atomic mass is 9.74. The van der Waals surface area contributed by atoms with Crippen molar-refractivity contribution in [3.63, 3.8) is 0 Å². The standard InChI is InChI=1S/C22H28BN7O5/c1-15(2)11-18(23(33)34)27-21(32)22(14-30-9-4-6-26-30)12-16(28-35-22)13-25-20(31)17-5-3-8-29-10-7-24-19(17)29/h3-10,15,18,33-34H,11-14H2,1-2H3,(H,25,31)(H,27,32). The summed E-state index contributed by atoms with van der Waals surface area (Å²) in [5, 5.41) is 33.3. The summed E-state index contributed by atoms with van der Waals surface area (Å²) < 4.78 is 3.29. The summed E-state index contributed by atoms with van der Waals surface area (Å²) >= 11 is 0. The maximum Gasteiger partial charge on any atom is 0.475 e. The van der Waals surface area contributed by atoms with Crippen molar-refractivity contribution in [3.8, 4) is 0 Å². The molecule has 0 bridgehead atoms. The monoisotopic (exact) mass is 481 g/mol. The Hall–Kier alpha value is -3.71. The fourth-order valence-electron chi connectivity index (χ4n) is 4.04. The van der Waals surface area contributed by atoms with Crippen molar-refractivity contribution < 1.29 is 24.5 Å². The molecule has 0 aromatic carbocycles. The molecule has 0 saturated heterocycles. The van der Waals surface area contributed by atoms with Crippen molar-refractivity contribution >= 4 is 30.3 Å². The van der Waals surface area contributed by atoms with Gasteiger partial charge in [0.15, 0.2) is 0 Å². The maximum absolute atomic E-state index is 13.3. The fourth-order valence-corrected chi connectivity index (χ4v) is 4.04. The minimum Gasteiger partial charge on any atom is -0.426 e. The molecular weight excluding hydrogens is 453 g/mol. The van der Waals surface area contributed by atoms with Crippen LogP contribution in [0.5, 0.6) is 0 Å². The van der Waals surface area contributed by atoms with Crippen molar-refractivity contribution in [1.29, 1.82) is 0 Å². The highest BCUT2D eigenvalue weighted by molar-refractivity contribution is 6.43. The topological polar surface area (TPSA) is 155 Å². The molecule has 0 fully saturated rings. The number of pyridine rings is 1. The molecule has 35 heavy (non-hydrogen) atoms. The molecule has 13 heteroatoms. The third kappa shape index (κ3) is 5.52. The smallest absolute Gasteiger partial charge is 0.426 e. The normalized spacial score (nSPS) is 18.3. The number of fused-ring (bicyclic) bond motifs is 1. The van der Waals surface area contributed by atoms with Gasteiger partial charge in [-0.25, -0.2) is 4.98 Å². The quantitative estimate of drug-likeness (QED) is 0.298. The zero-order chi connectivity index (χ0) is 25.0. The summed E-state index contributed by atoms with van der Waals surface area (Å²) in [6, 6.07) is 5.15. The van der Waals surface area contributed by atoms with Gasteiger partial charge in [0.2, 0.25) is 5.60 Å². The van der Waals surface area contributed by atoms with Crippen LogP contribution in [0.15, 0.2) is 54.3 Å². The molecule has 2 atom stereocenters. The summed E-state index contributed by atoms with van der Waals surface area (Å²) in [4.78, 5) is 36.0. The van der Waals surface area contributed by atoms with Crippen LogP contribution in [0.2, 0.25) is 0 Å².